The number of hydrogen-bond acceptors (Lipinski definition) is 3. The van der Waals surface area contributed by atoms with Gasteiger partial charge in [-0.25, -0.2) is 13.6 Å². The first-order valence-corrected chi connectivity index (χ1v) is 10.0. The Morgan fingerprint density at radius 2 is 1.68 bits per heavy atom. The predicted octanol–water partition coefficient (Wildman–Crippen LogP) is 6.77. The molecule has 4 nitrogen and oxygen atoms in total. The fourth-order valence-electron chi connectivity index (χ4n) is 3.41. The largest absolute Gasteiger partial charge is 0.479 e. The molecule has 2 atom stereocenters. The summed E-state index contributed by atoms with van der Waals surface area (Å²) in [6.45, 7) is 0. The molecule has 7 heteroatoms. The molecule has 0 aliphatic carbocycles. The zero-order valence-electron chi connectivity index (χ0n) is 16.5. The van der Waals surface area contributed by atoms with E-state index >= 15 is 4.39 Å². The van der Waals surface area contributed by atoms with Gasteiger partial charge in [0.05, 0.1) is 0 Å². The van der Waals surface area contributed by atoms with Crippen LogP contribution in [0.4, 0.5) is 8.78 Å². The van der Waals surface area contributed by atoms with E-state index in [0.29, 0.717) is 16.1 Å². The quantitative estimate of drug-likeness (QED) is 0.371. The lowest BCUT2D eigenvalue weighted by atomic mass is 9.87. The summed E-state index contributed by atoms with van der Waals surface area (Å²) in [5.74, 6) is -2.46. The number of alkyl halides is 1. The lowest BCUT2D eigenvalue weighted by molar-refractivity contribution is -0.152. The first-order chi connectivity index (χ1) is 14.8. The molecule has 2 unspecified atom stereocenters. The van der Waals surface area contributed by atoms with Gasteiger partial charge in [0.1, 0.15) is 11.9 Å². The van der Waals surface area contributed by atoms with Gasteiger partial charge in [-0.2, -0.15) is 4.91 Å². The van der Waals surface area contributed by atoms with Gasteiger partial charge >= 0.3 is 5.97 Å². The molecule has 0 fully saturated rings. The van der Waals surface area contributed by atoms with E-state index in [-0.39, 0.29) is 18.4 Å². The molecule has 0 amide bonds. The van der Waals surface area contributed by atoms with Crippen LogP contribution in [0.3, 0.4) is 0 Å². The molecule has 0 radical (unpaired) electrons. The maximum atomic E-state index is 15.3. The van der Waals surface area contributed by atoms with Crippen molar-refractivity contribution < 1.29 is 18.7 Å². The third-order valence-electron chi connectivity index (χ3n) is 5.22. The van der Waals surface area contributed by atoms with Crippen molar-refractivity contribution in [1.29, 1.82) is 0 Å². The van der Waals surface area contributed by atoms with Crippen molar-refractivity contribution in [1.82, 2.24) is 0 Å². The highest BCUT2D eigenvalue weighted by Gasteiger charge is 2.42. The Labute approximate surface area is 183 Å². The molecule has 0 aliphatic rings. The molecule has 0 saturated heterocycles. The predicted molar refractivity (Wildman–Crippen MR) is 116 cm³/mol. The highest BCUT2D eigenvalue weighted by Crippen LogP contribution is 2.36. The second-order valence-electron chi connectivity index (χ2n) is 7.32. The van der Waals surface area contributed by atoms with Crippen molar-refractivity contribution in [2.45, 2.75) is 31.0 Å². The third-order valence-corrected chi connectivity index (χ3v) is 5.47. The average Bonchev–Trinajstić information content (AvgIpc) is 2.77. The number of benzene rings is 3. The normalized spacial score (nSPS) is 13.9. The maximum absolute atomic E-state index is 15.3. The molecule has 0 aliphatic heterocycles. The summed E-state index contributed by atoms with van der Waals surface area (Å²) in [4.78, 5) is 23.1. The van der Waals surface area contributed by atoms with Gasteiger partial charge in [0, 0.05) is 17.0 Å². The highest BCUT2D eigenvalue weighted by molar-refractivity contribution is 6.30. The smallest absolute Gasteiger partial charge is 0.341 e. The van der Waals surface area contributed by atoms with Gasteiger partial charge in [0.15, 0.2) is 0 Å². The van der Waals surface area contributed by atoms with Crippen LogP contribution in [0.1, 0.15) is 30.0 Å². The van der Waals surface area contributed by atoms with E-state index in [1.54, 1.807) is 60.7 Å². The molecule has 3 aromatic carbocycles. The van der Waals surface area contributed by atoms with E-state index in [2.05, 4.69) is 5.18 Å². The molecular formula is C24H20ClF2NO3. The van der Waals surface area contributed by atoms with Gasteiger partial charge in [-0.05, 0) is 47.7 Å². The molecule has 0 saturated carbocycles. The van der Waals surface area contributed by atoms with Gasteiger partial charge in [0.2, 0.25) is 5.67 Å². The first-order valence-electron chi connectivity index (χ1n) is 9.66. The number of aryl methyl sites for hydroxylation is 1. The van der Waals surface area contributed by atoms with Crippen LogP contribution in [-0.4, -0.2) is 16.7 Å². The molecule has 0 spiro atoms. The lowest BCUT2D eigenvalue weighted by Crippen LogP contribution is -2.36. The van der Waals surface area contributed by atoms with Crippen LogP contribution in [0.5, 0.6) is 0 Å². The third kappa shape index (κ3) is 5.52. The maximum Gasteiger partial charge on any atom is 0.341 e. The minimum Gasteiger partial charge on any atom is -0.479 e. The Morgan fingerprint density at radius 1 is 1.03 bits per heavy atom. The van der Waals surface area contributed by atoms with E-state index < -0.39 is 29.9 Å². The number of aliphatic carboxylic acids is 1. The minimum atomic E-state index is -2.73. The van der Waals surface area contributed by atoms with Gasteiger partial charge in [-0.3, -0.25) is 0 Å². The number of nitroso groups, excluding NO2 is 1. The fourth-order valence-corrected chi connectivity index (χ4v) is 3.54. The summed E-state index contributed by atoms with van der Waals surface area (Å²) in [6.07, 6.45) is -0.952. The van der Waals surface area contributed by atoms with E-state index in [9.17, 15) is 19.2 Å². The Kier molecular flexibility index (Phi) is 7.13. The minimum absolute atomic E-state index is 0.143. The summed E-state index contributed by atoms with van der Waals surface area (Å²) in [5, 5.41) is 12.8. The number of halogens is 3. The van der Waals surface area contributed by atoms with Crippen LogP contribution in [0.15, 0.2) is 78.0 Å². The molecule has 0 bridgehead atoms. The summed E-state index contributed by atoms with van der Waals surface area (Å²) in [6, 6.07) is 18.2. The molecule has 1 N–H and O–H groups in total. The van der Waals surface area contributed by atoms with Crippen LogP contribution in [0.25, 0.3) is 11.1 Å². The molecule has 0 heterocycles. The highest BCUT2D eigenvalue weighted by atomic mass is 35.5. The lowest BCUT2D eigenvalue weighted by Gasteiger charge is -2.23. The van der Waals surface area contributed by atoms with Gasteiger partial charge < -0.3 is 5.11 Å². The second kappa shape index (κ2) is 9.79. The molecule has 160 valence electrons. The number of rotatable bonds is 9. The Bertz CT molecular complexity index is 1060. The molecular weight excluding hydrogens is 424 g/mol. The van der Waals surface area contributed by atoms with Crippen molar-refractivity contribution in [2.75, 3.05) is 0 Å². The average molecular weight is 444 g/mol. The zero-order chi connectivity index (χ0) is 22.4. The van der Waals surface area contributed by atoms with Crippen LogP contribution in [0.2, 0.25) is 5.02 Å². The molecule has 31 heavy (non-hydrogen) atoms. The number of carboxylic acids is 1. The van der Waals surface area contributed by atoms with Gasteiger partial charge in [-0.15, -0.1) is 0 Å². The Morgan fingerprint density at radius 3 is 2.26 bits per heavy atom. The van der Waals surface area contributed by atoms with Crippen molar-refractivity contribution >= 4 is 17.6 Å². The number of carboxylic acid groups (broad SMARTS) is 1. The van der Waals surface area contributed by atoms with Gasteiger partial charge in [-0.1, -0.05) is 71.4 Å². The first kappa shape index (κ1) is 22.6. The SMILES string of the molecule is O=NC(CC(F)(CCc1ccccc1)C(=O)O)c1ccc(-c2ccc(Cl)cc2)cc1F. The second-order valence-corrected chi connectivity index (χ2v) is 7.76. The summed E-state index contributed by atoms with van der Waals surface area (Å²) >= 11 is 5.86. The van der Waals surface area contributed by atoms with Crippen molar-refractivity contribution in [2.24, 2.45) is 5.18 Å². The van der Waals surface area contributed by atoms with E-state index in [0.717, 1.165) is 5.56 Å². The van der Waals surface area contributed by atoms with Crippen LogP contribution >= 0.6 is 11.6 Å². The molecule has 3 aromatic rings. The fraction of sp³-hybridized carbons (Fsp3) is 0.208. The van der Waals surface area contributed by atoms with Crippen molar-refractivity contribution in [3.05, 3.63) is 99.7 Å². The van der Waals surface area contributed by atoms with E-state index in [1.165, 1.54) is 12.1 Å². The van der Waals surface area contributed by atoms with E-state index in [4.69, 9.17) is 11.6 Å². The van der Waals surface area contributed by atoms with Crippen molar-refractivity contribution in [3.63, 3.8) is 0 Å². The summed E-state index contributed by atoms with van der Waals surface area (Å²) in [5.41, 5.74) is -0.860. The van der Waals surface area contributed by atoms with Crippen LogP contribution in [0, 0.1) is 10.7 Å². The number of nitrogens with zero attached hydrogens (tertiary/aromatic N) is 1. The summed E-state index contributed by atoms with van der Waals surface area (Å²) < 4.78 is 30.1. The number of hydrogen-bond donors (Lipinski definition) is 1. The topological polar surface area (TPSA) is 66.7 Å². The standard InChI is InChI=1S/C24H20ClF2NO3/c25-19-9-6-17(7-10-19)18-8-11-20(21(26)14-18)22(28-31)15-24(27,23(29)30)13-12-16-4-2-1-3-5-16/h1-11,14,22H,12-13,15H2,(H,29,30). The monoisotopic (exact) mass is 443 g/mol. The zero-order valence-corrected chi connectivity index (χ0v) is 17.2. The Hall–Kier alpha value is -3.12. The van der Waals surface area contributed by atoms with Crippen molar-refractivity contribution in [3.8, 4) is 11.1 Å². The molecule has 0 aromatic heterocycles. The summed E-state index contributed by atoms with van der Waals surface area (Å²) in [7, 11) is 0. The Balaban J connectivity index is 1.81. The van der Waals surface area contributed by atoms with Crippen LogP contribution in [-0.2, 0) is 11.2 Å². The van der Waals surface area contributed by atoms with Crippen LogP contribution < -0.4 is 0 Å². The number of carbonyl (C=O) groups is 1. The molecule has 3 rings (SSSR count). The van der Waals surface area contributed by atoms with Gasteiger partial charge in [0.25, 0.3) is 0 Å². The van der Waals surface area contributed by atoms with E-state index in [1.807, 2.05) is 0 Å².